The Balaban J connectivity index is 2.14. The summed E-state index contributed by atoms with van der Waals surface area (Å²) in [6.07, 6.45) is 2.35. The van der Waals surface area contributed by atoms with Gasteiger partial charge in [0.2, 0.25) is 0 Å². The Hall–Kier alpha value is -1.40. The topological polar surface area (TPSA) is 47.7 Å². The Morgan fingerprint density at radius 2 is 2.13 bits per heavy atom. The molecule has 0 radical (unpaired) electrons. The molecule has 23 heavy (non-hydrogen) atoms. The smallest absolute Gasteiger partial charge is 0.387 e. The van der Waals surface area contributed by atoms with Crippen molar-refractivity contribution in [2.24, 2.45) is 11.7 Å². The highest BCUT2D eigenvalue weighted by atomic mass is 19.3. The van der Waals surface area contributed by atoms with Crippen molar-refractivity contribution < 1.29 is 18.3 Å². The van der Waals surface area contributed by atoms with E-state index >= 15 is 0 Å². The predicted octanol–water partition coefficient (Wildman–Crippen LogP) is 3.25. The highest BCUT2D eigenvalue weighted by Gasteiger charge is 2.27. The van der Waals surface area contributed by atoms with E-state index in [-0.39, 0.29) is 5.75 Å². The molecule has 2 rings (SSSR count). The maximum Gasteiger partial charge on any atom is 0.387 e. The van der Waals surface area contributed by atoms with Crippen LogP contribution in [0.4, 0.5) is 8.78 Å². The fourth-order valence-electron chi connectivity index (χ4n) is 3.26. The van der Waals surface area contributed by atoms with Crippen molar-refractivity contribution in [3.8, 4) is 11.5 Å². The summed E-state index contributed by atoms with van der Waals surface area (Å²) in [5, 5.41) is 0. The Bertz CT molecular complexity index is 499. The number of alkyl halides is 2. The van der Waals surface area contributed by atoms with Crippen LogP contribution in [0.2, 0.25) is 0 Å². The quantitative estimate of drug-likeness (QED) is 0.835. The molecule has 1 fully saturated rings. The van der Waals surface area contributed by atoms with Crippen LogP contribution < -0.4 is 15.2 Å². The Labute approximate surface area is 136 Å². The van der Waals surface area contributed by atoms with Gasteiger partial charge in [-0.2, -0.15) is 8.78 Å². The Morgan fingerprint density at radius 1 is 1.35 bits per heavy atom. The third kappa shape index (κ3) is 4.78. The molecule has 2 unspecified atom stereocenters. The van der Waals surface area contributed by atoms with Crippen LogP contribution in [-0.2, 0) is 6.54 Å². The summed E-state index contributed by atoms with van der Waals surface area (Å²) in [5.74, 6) is 1.01. The van der Waals surface area contributed by atoms with Crippen LogP contribution in [0.15, 0.2) is 18.2 Å². The lowest BCUT2D eigenvalue weighted by Crippen LogP contribution is -2.47. The van der Waals surface area contributed by atoms with E-state index in [4.69, 9.17) is 10.5 Å². The van der Waals surface area contributed by atoms with Gasteiger partial charge in [-0.3, -0.25) is 4.90 Å². The van der Waals surface area contributed by atoms with Gasteiger partial charge in [0, 0.05) is 19.1 Å². The number of halogens is 2. The van der Waals surface area contributed by atoms with Gasteiger partial charge < -0.3 is 15.2 Å². The summed E-state index contributed by atoms with van der Waals surface area (Å²) in [7, 11) is 0. The molecule has 0 spiro atoms. The number of piperidine rings is 1. The maximum absolute atomic E-state index is 12.5. The first-order chi connectivity index (χ1) is 11.0. The molecule has 2 atom stereocenters. The van der Waals surface area contributed by atoms with Crippen LogP contribution in [0.25, 0.3) is 0 Å². The van der Waals surface area contributed by atoms with Gasteiger partial charge in [-0.1, -0.05) is 13.0 Å². The van der Waals surface area contributed by atoms with E-state index in [1.54, 1.807) is 12.1 Å². The van der Waals surface area contributed by atoms with Gasteiger partial charge in [0.15, 0.2) is 11.5 Å². The van der Waals surface area contributed by atoms with Crippen molar-refractivity contribution in [1.82, 2.24) is 4.90 Å². The standard InChI is InChI=1S/C17H26F2N2O2/c1-3-22-16-9-13(6-7-15(16)23-17(18)19)11-21-8-4-5-12(2)14(21)10-20/h6-7,9,12,14,17H,3-5,8,10-11,20H2,1-2H3. The summed E-state index contributed by atoms with van der Waals surface area (Å²) in [6, 6.07) is 5.51. The molecule has 130 valence electrons. The molecular formula is C17H26F2N2O2. The van der Waals surface area contributed by atoms with Crippen LogP contribution >= 0.6 is 0 Å². The molecule has 1 aliphatic heterocycles. The zero-order valence-corrected chi connectivity index (χ0v) is 13.8. The van der Waals surface area contributed by atoms with Crippen molar-refractivity contribution in [3.05, 3.63) is 23.8 Å². The second-order valence-corrected chi connectivity index (χ2v) is 5.99. The fourth-order valence-corrected chi connectivity index (χ4v) is 3.26. The van der Waals surface area contributed by atoms with Gasteiger partial charge in [-0.05, 0) is 49.9 Å². The molecule has 0 aromatic heterocycles. The van der Waals surface area contributed by atoms with Crippen LogP contribution in [0.3, 0.4) is 0 Å². The molecule has 0 amide bonds. The molecule has 0 saturated carbocycles. The van der Waals surface area contributed by atoms with Crippen LogP contribution in [0.5, 0.6) is 11.5 Å². The molecule has 2 N–H and O–H groups in total. The van der Waals surface area contributed by atoms with E-state index in [0.717, 1.165) is 25.1 Å². The SMILES string of the molecule is CCOc1cc(CN2CCCC(C)C2CN)ccc1OC(F)F. The van der Waals surface area contributed by atoms with E-state index in [9.17, 15) is 8.78 Å². The number of nitrogens with zero attached hydrogens (tertiary/aromatic N) is 1. The zero-order chi connectivity index (χ0) is 16.8. The van der Waals surface area contributed by atoms with Gasteiger partial charge in [0.05, 0.1) is 6.61 Å². The Morgan fingerprint density at radius 3 is 2.78 bits per heavy atom. The summed E-state index contributed by atoms with van der Waals surface area (Å²) in [4.78, 5) is 2.37. The molecule has 1 aromatic rings. The predicted molar refractivity (Wildman–Crippen MR) is 85.9 cm³/mol. The largest absolute Gasteiger partial charge is 0.490 e. The first-order valence-electron chi connectivity index (χ1n) is 8.19. The highest BCUT2D eigenvalue weighted by Crippen LogP contribution is 2.31. The van der Waals surface area contributed by atoms with Crippen molar-refractivity contribution in [3.63, 3.8) is 0 Å². The number of nitrogens with two attached hydrogens (primary N) is 1. The number of hydrogen-bond acceptors (Lipinski definition) is 4. The number of ether oxygens (including phenoxy) is 2. The molecule has 1 aromatic carbocycles. The highest BCUT2D eigenvalue weighted by molar-refractivity contribution is 5.43. The molecule has 0 aliphatic carbocycles. The minimum atomic E-state index is -2.86. The Kier molecular flexibility index (Phi) is 6.59. The molecule has 1 heterocycles. The van der Waals surface area contributed by atoms with E-state index in [1.165, 1.54) is 6.42 Å². The molecular weight excluding hydrogens is 302 g/mol. The normalized spacial score (nSPS) is 22.3. The molecule has 6 heteroatoms. The second kappa shape index (κ2) is 8.45. The van der Waals surface area contributed by atoms with Crippen molar-refractivity contribution in [2.75, 3.05) is 19.7 Å². The number of benzene rings is 1. The van der Waals surface area contributed by atoms with E-state index in [1.807, 2.05) is 13.0 Å². The average Bonchev–Trinajstić information content (AvgIpc) is 2.50. The summed E-state index contributed by atoms with van der Waals surface area (Å²) in [6.45, 7) is 3.96. The number of hydrogen-bond donors (Lipinski definition) is 1. The van der Waals surface area contributed by atoms with Crippen molar-refractivity contribution in [1.29, 1.82) is 0 Å². The lowest BCUT2D eigenvalue weighted by Gasteiger charge is -2.39. The second-order valence-electron chi connectivity index (χ2n) is 5.99. The number of likely N-dealkylation sites (tertiary alicyclic amines) is 1. The van der Waals surface area contributed by atoms with Crippen molar-refractivity contribution >= 4 is 0 Å². The van der Waals surface area contributed by atoms with Gasteiger partial charge >= 0.3 is 6.61 Å². The van der Waals surface area contributed by atoms with Crippen LogP contribution in [-0.4, -0.2) is 37.2 Å². The third-order valence-corrected chi connectivity index (χ3v) is 4.38. The summed E-state index contributed by atoms with van der Waals surface area (Å²) < 4.78 is 34.9. The first-order valence-corrected chi connectivity index (χ1v) is 8.19. The zero-order valence-electron chi connectivity index (χ0n) is 13.8. The van der Waals surface area contributed by atoms with E-state index in [2.05, 4.69) is 16.6 Å². The van der Waals surface area contributed by atoms with Crippen LogP contribution in [0, 0.1) is 5.92 Å². The van der Waals surface area contributed by atoms with E-state index in [0.29, 0.717) is 30.9 Å². The van der Waals surface area contributed by atoms with E-state index < -0.39 is 6.61 Å². The van der Waals surface area contributed by atoms with Gasteiger partial charge in [0.1, 0.15) is 0 Å². The minimum Gasteiger partial charge on any atom is -0.490 e. The monoisotopic (exact) mass is 328 g/mol. The average molecular weight is 328 g/mol. The third-order valence-electron chi connectivity index (χ3n) is 4.38. The molecule has 1 saturated heterocycles. The fraction of sp³-hybridized carbons (Fsp3) is 0.647. The van der Waals surface area contributed by atoms with Gasteiger partial charge in [-0.15, -0.1) is 0 Å². The summed E-state index contributed by atoms with van der Waals surface area (Å²) in [5.41, 5.74) is 6.94. The number of rotatable bonds is 7. The van der Waals surface area contributed by atoms with Gasteiger partial charge in [-0.25, -0.2) is 0 Å². The van der Waals surface area contributed by atoms with Crippen molar-refractivity contribution in [2.45, 2.75) is 45.9 Å². The molecule has 1 aliphatic rings. The van der Waals surface area contributed by atoms with Crippen LogP contribution in [0.1, 0.15) is 32.3 Å². The summed E-state index contributed by atoms with van der Waals surface area (Å²) >= 11 is 0. The lowest BCUT2D eigenvalue weighted by atomic mass is 9.90. The van der Waals surface area contributed by atoms with Gasteiger partial charge in [0.25, 0.3) is 0 Å². The first kappa shape index (κ1) is 17.9. The lowest BCUT2D eigenvalue weighted by molar-refractivity contribution is -0.0514. The molecule has 4 nitrogen and oxygen atoms in total. The maximum atomic E-state index is 12.5. The minimum absolute atomic E-state index is 0.0768. The molecule has 0 bridgehead atoms.